The number of ether oxygens (including phenoxy) is 2. The van der Waals surface area contributed by atoms with Gasteiger partial charge in [-0.2, -0.15) is 5.26 Å². The second-order valence-corrected chi connectivity index (χ2v) is 15.4. The van der Waals surface area contributed by atoms with Gasteiger partial charge >= 0.3 is 11.9 Å². The third kappa shape index (κ3) is 3.94. The number of esters is 2. The molecule has 1 atom stereocenters. The molecular weight excluding hydrogens is 502 g/mol. The molecule has 2 aromatic heterocycles. The van der Waals surface area contributed by atoms with Gasteiger partial charge in [-0.3, -0.25) is 9.59 Å². The van der Waals surface area contributed by atoms with E-state index in [1.165, 1.54) is 6.92 Å². The zero-order valence-electron chi connectivity index (χ0n) is 21.9. The summed E-state index contributed by atoms with van der Waals surface area (Å²) in [5, 5.41) is 22.3. The van der Waals surface area contributed by atoms with Gasteiger partial charge < -0.3 is 19.1 Å². The van der Waals surface area contributed by atoms with Crippen molar-refractivity contribution in [1.29, 1.82) is 5.26 Å². The molecule has 196 valence electrons. The summed E-state index contributed by atoms with van der Waals surface area (Å²) < 4.78 is 12.2. The van der Waals surface area contributed by atoms with Crippen molar-refractivity contribution in [2.75, 3.05) is 0 Å². The fourth-order valence-corrected chi connectivity index (χ4v) is 9.05. The lowest BCUT2D eigenvalue weighted by Gasteiger charge is -2.31. The van der Waals surface area contributed by atoms with Gasteiger partial charge in [-0.05, 0) is 47.9 Å². The van der Waals surface area contributed by atoms with Crippen LogP contribution in [0.25, 0.3) is 22.3 Å². The molecule has 0 saturated heterocycles. The van der Waals surface area contributed by atoms with Crippen molar-refractivity contribution in [2.45, 2.75) is 71.0 Å². The number of carbonyl (C=O) groups excluding carboxylic acids is 2. The number of aliphatic hydroxyl groups is 1. The number of fused-ring (bicyclic) bond motifs is 5. The standard InChI is InChI=1S/C28H29N3O6Si/c1-5-28(35)21-13-23-24-19(14-31(23)26(33)20(21)15-36-27(28)34)25(38(3,4)11-7-6-10-29)18-12-17(37-16(2)32)8-9-22(18)30-24/h8-9,12-13,35H,5-7,11,14-15H2,1-4H3/t28-/m0/s1. The first-order chi connectivity index (χ1) is 18.0. The lowest BCUT2D eigenvalue weighted by molar-refractivity contribution is -0.172. The summed E-state index contributed by atoms with van der Waals surface area (Å²) in [5.41, 5.74) is 1.16. The molecule has 0 aliphatic carbocycles. The number of nitriles is 1. The van der Waals surface area contributed by atoms with E-state index in [4.69, 9.17) is 19.7 Å². The van der Waals surface area contributed by atoms with Crippen LogP contribution in [0.5, 0.6) is 5.75 Å². The number of rotatable bonds is 6. The number of unbranched alkanes of at least 4 members (excludes halogenated alkanes) is 1. The molecule has 38 heavy (non-hydrogen) atoms. The Hall–Kier alpha value is -3.81. The third-order valence-corrected chi connectivity index (χ3v) is 11.2. The van der Waals surface area contributed by atoms with Crippen LogP contribution in [-0.2, 0) is 33.1 Å². The summed E-state index contributed by atoms with van der Waals surface area (Å²) in [5.74, 6) is -0.761. The van der Waals surface area contributed by atoms with Crippen LogP contribution in [0.3, 0.4) is 0 Å². The van der Waals surface area contributed by atoms with Crippen LogP contribution in [0.4, 0.5) is 0 Å². The van der Waals surface area contributed by atoms with Gasteiger partial charge in [-0.15, -0.1) is 0 Å². The maximum absolute atomic E-state index is 13.7. The Morgan fingerprint density at radius 3 is 2.74 bits per heavy atom. The Labute approximate surface area is 220 Å². The number of benzene rings is 1. The third-order valence-electron chi connectivity index (χ3n) is 7.69. The van der Waals surface area contributed by atoms with Crippen molar-refractivity contribution in [1.82, 2.24) is 9.55 Å². The molecule has 0 amide bonds. The van der Waals surface area contributed by atoms with Crippen molar-refractivity contribution >= 4 is 36.1 Å². The molecule has 1 N–H and O–H groups in total. The average molecular weight is 532 g/mol. The average Bonchev–Trinajstić information content (AvgIpc) is 3.23. The highest BCUT2D eigenvalue weighted by Crippen LogP contribution is 2.39. The maximum Gasteiger partial charge on any atom is 0.343 e. The van der Waals surface area contributed by atoms with Gasteiger partial charge in [-0.25, -0.2) is 9.78 Å². The van der Waals surface area contributed by atoms with Gasteiger partial charge in [0, 0.05) is 24.3 Å². The fraction of sp³-hybridized carbons (Fsp3) is 0.393. The zero-order chi connectivity index (χ0) is 27.4. The first-order valence-electron chi connectivity index (χ1n) is 12.7. The van der Waals surface area contributed by atoms with Crippen LogP contribution in [0, 0.1) is 11.3 Å². The molecular formula is C28H29N3O6Si. The largest absolute Gasteiger partial charge is 0.458 e. The van der Waals surface area contributed by atoms with Gasteiger partial charge in [-0.1, -0.05) is 26.1 Å². The van der Waals surface area contributed by atoms with Gasteiger partial charge in [0.25, 0.3) is 5.56 Å². The first-order valence-corrected chi connectivity index (χ1v) is 15.9. The number of cyclic esters (lactones) is 1. The smallest absolute Gasteiger partial charge is 0.343 e. The minimum atomic E-state index is -2.21. The summed E-state index contributed by atoms with van der Waals surface area (Å²) >= 11 is 0. The summed E-state index contributed by atoms with van der Waals surface area (Å²) in [6.45, 7) is 7.60. The Kier molecular flexibility index (Phi) is 6.24. The highest BCUT2D eigenvalue weighted by atomic mass is 28.3. The minimum Gasteiger partial charge on any atom is -0.458 e. The molecule has 5 rings (SSSR count). The van der Waals surface area contributed by atoms with E-state index in [1.54, 1.807) is 29.7 Å². The first kappa shape index (κ1) is 25.8. The number of nitrogens with zero attached hydrogens (tertiary/aromatic N) is 3. The number of aromatic nitrogens is 2. The molecule has 1 aromatic carbocycles. The molecule has 10 heteroatoms. The van der Waals surface area contributed by atoms with E-state index >= 15 is 0 Å². The molecule has 0 spiro atoms. The lowest BCUT2D eigenvalue weighted by atomic mass is 9.86. The maximum atomic E-state index is 13.7. The van der Waals surface area contributed by atoms with Crippen molar-refractivity contribution < 1.29 is 24.2 Å². The molecule has 4 heterocycles. The Bertz CT molecular complexity index is 1620. The second kappa shape index (κ2) is 9.18. The monoisotopic (exact) mass is 531 g/mol. The van der Waals surface area contributed by atoms with Crippen molar-refractivity contribution in [2.24, 2.45) is 0 Å². The van der Waals surface area contributed by atoms with E-state index in [0.717, 1.165) is 28.6 Å². The predicted molar refractivity (Wildman–Crippen MR) is 143 cm³/mol. The van der Waals surface area contributed by atoms with E-state index < -0.39 is 25.6 Å². The summed E-state index contributed by atoms with van der Waals surface area (Å²) in [4.78, 5) is 42.8. The topological polar surface area (TPSA) is 132 Å². The van der Waals surface area contributed by atoms with Crippen LogP contribution in [0.15, 0.2) is 29.1 Å². The summed E-state index contributed by atoms with van der Waals surface area (Å²) in [6, 6.07) is 10.1. The molecule has 0 radical (unpaired) electrons. The Balaban J connectivity index is 1.79. The van der Waals surface area contributed by atoms with Gasteiger partial charge in [0.15, 0.2) is 5.60 Å². The fourth-order valence-electron chi connectivity index (χ4n) is 5.80. The molecule has 0 unspecified atom stereocenters. The highest BCUT2D eigenvalue weighted by Gasteiger charge is 2.46. The predicted octanol–water partition coefficient (Wildman–Crippen LogP) is 3.22. The van der Waals surface area contributed by atoms with Crippen LogP contribution >= 0.6 is 0 Å². The van der Waals surface area contributed by atoms with E-state index in [0.29, 0.717) is 35.6 Å². The lowest BCUT2D eigenvalue weighted by Crippen LogP contribution is -2.45. The normalized spacial score (nSPS) is 17.8. The second-order valence-electron chi connectivity index (χ2n) is 10.6. The molecule has 9 nitrogen and oxygen atoms in total. The van der Waals surface area contributed by atoms with Crippen molar-refractivity contribution in [3.05, 3.63) is 51.3 Å². The van der Waals surface area contributed by atoms with Gasteiger partial charge in [0.1, 0.15) is 12.4 Å². The van der Waals surface area contributed by atoms with Crippen molar-refractivity contribution in [3.63, 3.8) is 0 Å². The minimum absolute atomic E-state index is 0.0722. The van der Waals surface area contributed by atoms with Crippen LogP contribution in [-0.4, -0.2) is 34.7 Å². The number of hydrogen-bond acceptors (Lipinski definition) is 8. The molecule has 0 fully saturated rings. The number of hydrogen-bond donors (Lipinski definition) is 1. The van der Waals surface area contributed by atoms with E-state index in [1.807, 2.05) is 6.07 Å². The van der Waals surface area contributed by atoms with E-state index in [9.17, 15) is 19.5 Å². The van der Waals surface area contributed by atoms with Crippen LogP contribution in [0.2, 0.25) is 19.1 Å². The van der Waals surface area contributed by atoms with Gasteiger partial charge in [0.05, 0.1) is 43.2 Å². The molecule has 0 bridgehead atoms. The van der Waals surface area contributed by atoms with Crippen LogP contribution in [0.1, 0.15) is 49.8 Å². The Morgan fingerprint density at radius 2 is 2.05 bits per heavy atom. The van der Waals surface area contributed by atoms with E-state index in [2.05, 4.69) is 19.2 Å². The number of carbonyl (C=O) groups is 2. The number of pyridine rings is 2. The van der Waals surface area contributed by atoms with Crippen LogP contribution < -0.4 is 15.5 Å². The summed E-state index contributed by atoms with van der Waals surface area (Å²) in [6.07, 6.45) is 1.28. The Morgan fingerprint density at radius 1 is 1.29 bits per heavy atom. The van der Waals surface area contributed by atoms with Gasteiger partial charge in [0.2, 0.25) is 0 Å². The SMILES string of the molecule is CC[C@@]1(O)C(=O)OCc2c1cc1n(c2=O)Cc2c-1nc1ccc(OC(C)=O)cc1c2[Si](C)(C)CCCC#N. The van der Waals surface area contributed by atoms with E-state index in [-0.39, 0.29) is 29.7 Å². The summed E-state index contributed by atoms with van der Waals surface area (Å²) in [7, 11) is -2.21. The molecule has 3 aromatic rings. The highest BCUT2D eigenvalue weighted by molar-refractivity contribution is 6.91. The molecule has 2 aliphatic heterocycles. The molecule has 2 aliphatic rings. The van der Waals surface area contributed by atoms with Crippen molar-refractivity contribution in [3.8, 4) is 23.2 Å². The molecule has 0 saturated carbocycles. The zero-order valence-corrected chi connectivity index (χ0v) is 22.9. The quantitative estimate of drug-likeness (QED) is 0.174.